The van der Waals surface area contributed by atoms with Gasteiger partial charge in [0.05, 0.1) is 0 Å². The monoisotopic (exact) mass is 287 g/mol. The van der Waals surface area contributed by atoms with Crippen LogP contribution in [-0.2, 0) is 0 Å². The molecule has 1 aromatic heterocycles. The van der Waals surface area contributed by atoms with Crippen molar-refractivity contribution in [1.82, 2.24) is 4.90 Å². The summed E-state index contributed by atoms with van der Waals surface area (Å²) in [5.74, 6) is 0.0557. The first kappa shape index (κ1) is 13.7. The Morgan fingerprint density at radius 2 is 2.05 bits per heavy atom. The minimum Gasteiger partial charge on any atom is -0.465 e. The molecule has 0 radical (unpaired) electrons. The highest BCUT2D eigenvalue weighted by atomic mass is 16.4. The van der Waals surface area contributed by atoms with Crippen LogP contribution in [0.5, 0.6) is 0 Å². The molecule has 1 aliphatic heterocycles. The van der Waals surface area contributed by atoms with Gasteiger partial charge in [-0.2, -0.15) is 0 Å². The van der Waals surface area contributed by atoms with Crippen LogP contribution in [0.4, 0.5) is 4.79 Å². The van der Waals surface area contributed by atoms with Crippen molar-refractivity contribution in [2.45, 2.75) is 32.2 Å². The standard InChI is InChI=1S/C16H17NO4/c1-10-11-6-2-3-8-13(11)21-15(10)14(18)12-7-4-5-9-17(12)16(19)20/h2-3,6,8,12H,4-5,7,9H2,1H3,(H,19,20). The number of rotatable bonds is 2. The van der Waals surface area contributed by atoms with Gasteiger partial charge in [-0.15, -0.1) is 0 Å². The molecule has 21 heavy (non-hydrogen) atoms. The van der Waals surface area contributed by atoms with Gasteiger partial charge in [0.2, 0.25) is 5.78 Å². The molecule has 5 heteroatoms. The van der Waals surface area contributed by atoms with E-state index >= 15 is 0 Å². The van der Waals surface area contributed by atoms with Gasteiger partial charge in [0, 0.05) is 17.5 Å². The molecule has 1 aliphatic rings. The van der Waals surface area contributed by atoms with Crippen LogP contribution in [0.25, 0.3) is 11.0 Å². The molecule has 3 rings (SSSR count). The molecule has 1 N–H and O–H groups in total. The normalized spacial score (nSPS) is 18.9. The Morgan fingerprint density at radius 1 is 1.29 bits per heavy atom. The lowest BCUT2D eigenvalue weighted by Gasteiger charge is -2.31. The maximum absolute atomic E-state index is 12.7. The van der Waals surface area contributed by atoms with Gasteiger partial charge in [-0.05, 0) is 32.3 Å². The summed E-state index contributed by atoms with van der Waals surface area (Å²) < 4.78 is 5.67. The fourth-order valence-electron chi connectivity index (χ4n) is 2.99. The quantitative estimate of drug-likeness (QED) is 0.859. The Balaban J connectivity index is 1.99. The summed E-state index contributed by atoms with van der Waals surface area (Å²) in [7, 11) is 0. The van der Waals surface area contributed by atoms with Gasteiger partial charge in [-0.1, -0.05) is 18.2 Å². The summed E-state index contributed by atoms with van der Waals surface area (Å²) in [6.45, 7) is 2.25. The number of likely N-dealkylation sites (tertiary alicyclic amines) is 1. The molecular weight excluding hydrogens is 270 g/mol. The van der Waals surface area contributed by atoms with Gasteiger partial charge < -0.3 is 9.52 Å². The number of hydrogen-bond donors (Lipinski definition) is 1. The number of ketones is 1. The van der Waals surface area contributed by atoms with E-state index in [-0.39, 0.29) is 11.5 Å². The summed E-state index contributed by atoms with van der Waals surface area (Å²) in [4.78, 5) is 25.2. The number of carboxylic acid groups (broad SMARTS) is 1. The molecule has 0 aliphatic carbocycles. The van der Waals surface area contributed by atoms with Crippen molar-refractivity contribution in [2.75, 3.05) is 6.54 Å². The van der Waals surface area contributed by atoms with Crippen molar-refractivity contribution in [3.63, 3.8) is 0 Å². The average molecular weight is 287 g/mol. The van der Waals surface area contributed by atoms with Crippen molar-refractivity contribution in [3.8, 4) is 0 Å². The van der Waals surface area contributed by atoms with Crippen molar-refractivity contribution in [3.05, 3.63) is 35.6 Å². The van der Waals surface area contributed by atoms with Crippen molar-refractivity contribution >= 4 is 22.8 Å². The zero-order valence-corrected chi connectivity index (χ0v) is 11.8. The number of amides is 1. The lowest BCUT2D eigenvalue weighted by molar-refractivity contribution is 0.0691. The van der Waals surface area contributed by atoms with E-state index in [2.05, 4.69) is 0 Å². The predicted octanol–water partition coefficient (Wildman–Crippen LogP) is 3.46. The highest BCUT2D eigenvalue weighted by Crippen LogP contribution is 2.28. The maximum atomic E-state index is 12.7. The van der Waals surface area contributed by atoms with E-state index in [0.29, 0.717) is 18.5 Å². The number of furan rings is 1. The van der Waals surface area contributed by atoms with E-state index in [9.17, 15) is 14.7 Å². The zero-order valence-electron chi connectivity index (χ0n) is 11.8. The molecule has 0 bridgehead atoms. The number of carbonyl (C=O) groups is 2. The third kappa shape index (κ3) is 2.28. The Hall–Kier alpha value is -2.30. The Kier molecular flexibility index (Phi) is 3.41. The van der Waals surface area contributed by atoms with Gasteiger partial charge in [0.1, 0.15) is 11.6 Å². The largest absolute Gasteiger partial charge is 0.465 e. The topological polar surface area (TPSA) is 70.8 Å². The number of carbonyl (C=O) groups excluding carboxylic acids is 1. The molecule has 0 spiro atoms. The van der Waals surface area contributed by atoms with E-state index in [1.54, 1.807) is 0 Å². The van der Waals surface area contributed by atoms with Crippen LogP contribution in [0.3, 0.4) is 0 Å². The number of aryl methyl sites for hydroxylation is 1. The second-order valence-electron chi connectivity index (χ2n) is 5.40. The van der Waals surface area contributed by atoms with Crippen LogP contribution < -0.4 is 0 Å². The van der Waals surface area contributed by atoms with E-state index in [0.717, 1.165) is 23.8 Å². The summed E-state index contributed by atoms with van der Waals surface area (Å²) >= 11 is 0. The molecule has 1 amide bonds. The highest BCUT2D eigenvalue weighted by Gasteiger charge is 2.35. The second kappa shape index (κ2) is 5.24. The van der Waals surface area contributed by atoms with Crippen molar-refractivity contribution in [1.29, 1.82) is 0 Å². The van der Waals surface area contributed by atoms with Crippen molar-refractivity contribution < 1.29 is 19.1 Å². The predicted molar refractivity (Wildman–Crippen MR) is 77.7 cm³/mol. The fourth-order valence-corrected chi connectivity index (χ4v) is 2.99. The number of nitrogens with zero attached hydrogens (tertiary/aromatic N) is 1. The first-order valence-corrected chi connectivity index (χ1v) is 7.11. The van der Waals surface area contributed by atoms with Gasteiger partial charge in [-0.25, -0.2) is 4.79 Å². The number of fused-ring (bicyclic) bond motifs is 1. The minimum atomic E-state index is -1.04. The molecular formula is C16H17NO4. The third-order valence-electron chi connectivity index (χ3n) is 4.12. The minimum absolute atomic E-state index is 0.231. The Morgan fingerprint density at radius 3 is 2.76 bits per heavy atom. The van der Waals surface area contributed by atoms with Crippen LogP contribution >= 0.6 is 0 Å². The lowest BCUT2D eigenvalue weighted by Crippen LogP contribution is -2.47. The van der Waals surface area contributed by atoms with Crippen LogP contribution in [0.2, 0.25) is 0 Å². The summed E-state index contributed by atoms with van der Waals surface area (Å²) in [5.41, 5.74) is 1.45. The maximum Gasteiger partial charge on any atom is 0.407 e. The molecule has 5 nitrogen and oxygen atoms in total. The molecule has 1 unspecified atom stereocenters. The highest BCUT2D eigenvalue weighted by molar-refractivity contribution is 6.04. The number of piperidine rings is 1. The molecule has 2 aromatic rings. The number of benzene rings is 1. The Labute approximate surface area is 122 Å². The molecule has 1 fully saturated rings. The van der Waals surface area contributed by atoms with Crippen molar-refractivity contribution in [2.24, 2.45) is 0 Å². The molecule has 1 aromatic carbocycles. The first-order valence-electron chi connectivity index (χ1n) is 7.11. The van der Waals surface area contributed by atoms with E-state index < -0.39 is 12.1 Å². The van der Waals surface area contributed by atoms with Crippen LogP contribution in [0, 0.1) is 6.92 Å². The Bertz CT molecular complexity index is 703. The van der Waals surface area contributed by atoms with Crippen LogP contribution in [0.1, 0.15) is 35.4 Å². The summed E-state index contributed by atoms with van der Waals surface area (Å²) in [6.07, 6.45) is 1.18. The number of hydrogen-bond acceptors (Lipinski definition) is 3. The third-order valence-corrected chi connectivity index (χ3v) is 4.12. The lowest BCUT2D eigenvalue weighted by atomic mass is 9.96. The van der Waals surface area contributed by atoms with Gasteiger partial charge in [0.25, 0.3) is 0 Å². The molecule has 110 valence electrons. The van der Waals surface area contributed by atoms with Gasteiger partial charge >= 0.3 is 6.09 Å². The number of para-hydroxylation sites is 1. The molecule has 0 saturated carbocycles. The van der Waals surface area contributed by atoms with Gasteiger partial charge in [0.15, 0.2) is 5.76 Å². The van der Waals surface area contributed by atoms with E-state index in [4.69, 9.17) is 4.42 Å². The zero-order chi connectivity index (χ0) is 15.0. The molecule has 2 heterocycles. The summed E-state index contributed by atoms with van der Waals surface area (Å²) in [6, 6.07) is 6.83. The molecule has 1 saturated heterocycles. The SMILES string of the molecule is Cc1c(C(=O)C2CCCCN2C(=O)O)oc2ccccc12. The smallest absolute Gasteiger partial charge is 0.407 e. The van der Waals surface area contributed by atoms with E-state index in [1.807, 2.05) is 31.2 Å². The van der Waals surface area contributed by atoms with Crippen LogP contribution in [-0.4, -0.2) is 34.5 Å². The van der Waals surface area contributed by atoms with E-state index in [1.165, 1.54) is 4.90 Å². The summed E-state index contributed by atoms with van der Waals surface area (Å²) in [5, 5.41) is 10.2. The molecule has 1 atom stereocenters. The fraction of sp³-hybridized carbons (Fsp3) is 0.375. The van der Waals surface area contributed by atoms with Gasteiger partial charge in [-0.3, -0.25) is 9.69 Å². The second-order valence-corrected chi connectivity index (χ2v) is 5.40. The number of Topliss-reactive ketones (excluding diaryl/α,β-unsaturated/α-hetero) is 1. The van der Waals surface area contributed by atoms with Crippen LogP contribution in [0.15, 0.2) is 28.7 Å². The average Bonchev–Trinajstić information content (AvgIpc) is 2.84. The first-order chi connectivity index (χ1) is 10.1.